The Balaban J connectivity index is 1.82. The molecule has 0 radical (unpaired) electrons. The van der Waals surface area contributed by atoms with Crippen LogP contribution in [0, 0.1) is 0 Å². The van der Waals surface area contributed by atoms with E-state index in [-0.39, 0.29) is 11.2 Å². The van der Waals surface area contributed by atoms with Gasteiger partial charge in [0, 0.05) is 12.1 Å². The third-order valence-corrected chi connectivity index (χ3v) is 5.03. The van der Waals surface area contributed by atoms with E-state index < -0.39 is 11.2 Å². The molecule has 0 saturated carbocycles. The van der Waals surface area contributed by atoms with E-state index in [2.05, 4.69) is 20.5 Å². The van der Waals surface area contributed by atoms with Crippen LogP contribution < -0.4 is 16.7 Å². The molecule has 8 nitrogen and oxygen atoms in total. The molecule has 0 unspecified atom stereocenters. The van der Waals surface area contributed by atoms with Gasteiger partial charge >= 0.3 is 5.69 Å². The Hall–Kier alpha value is -3.65. The third kappa shape index (κ3) is 3.77. The molecule has 0 aliphatic carbocycles. The standard InChI is InChI=1S/C21H19ClN6O2/c1-13(15-6-4-3-5-7-15)25-26-20-23-18-17(19(29)24-21(30)27(18)2)28(20)12-14-8-10-16(22)11-9-14/h3-11H,12H2,1-2H3,(H,23,26)(H,24,29,30). The molecular formula is C21H19ClN6O2. The molecule has 0 atom stereocenters. The van der Waals surface area contributed by atoms with E-state index in [0.29, 0.717) is 17.5 Å². The highest BCUT2D eigenvalue weighted by Crippen LogP contribution is 2.19. The molecule has 0 bridgehead atoms. The van der Waals surface area contributed by atoms with Crippen LogP contribution in [-0.4, -0.2) is 24.8 Å². The minimum Gasteiger partial charge on any atom is -0.298 e. The second-order valence-corrected chi connectivity index (χ2v) is 7.25. The van der Waals surface area contributed by atoms with Gasteiger partial charge in [-0.15, -0.1) is 0 Å². The van der Waals surface area contributed by atoms with Gasteiger partial charge in [-0.2, -0.15) is 10.1 Å². The lowest BCUT2D eigenvalue weighted by atomic mass is 10.1. The minimum absolute atomic E-state index is 0.271. The molecular weight excluding hydrogens is 404 g/mol. The van der Waals surface area contributed by atoms with Gasteiger partial charge in [0.2, 0.25) is 5.95 Å². The first kappa shape index (κ1) is 19.7. The number of aryl methyl sites for hydroxylation is 1. The number of nitrogens with one attached hydrogen (secondary N) is 2. The molecule has 30 heavy (non-hydrogen) atoms. The average Bonchev–Trinajstić information content (AvgIpc) is 3.11. The van der Waals surface area contributed by atoms with E-state index in [1.54, 1.807) is 23.7 Å². The Bertz CT molecular complexity index is 1350. The summed E-state index contributed by atoms with van der Waals surface area (Å²) in [7, 11) is 1.56. The predicted molar refractivity (Wildman–Crippen MR) is 118 cm³/mol. The molecule has 2 heterocycles. The first-order valence-electron chi connectivity index (χ1n) is 9.24. The van der Waals surface area contributed by atoms with E-state index in [0.717, 1.165) is 16.8 Å². The molecule has 4 aromatic rings. The number of hydrogen-bond donors (Lipinski definition) is 2. The maximum Gasteiger partial charge on any atom is 0.329 e. The van der Waals surface area contributed by atoms with Crippen molar-refractivity contribution in [2.75, 3.05) is 5.43 Å². The minimum atomic E-state index is -0.529. The molecule has 2 N–H and O–H groups in total. The largest absolute Gasteiger partial charge is 0.329 e. The zero-order chi connectivity index (χ0) is 21.3. The van der Waals surface area contributed by atoms with Crippen molar-refractivity contribution < 1.29 is 0 Å². The van der Waals surface area contributed by atoms with Crippen molar-refractivity contribution in [3.63, 3.8) is 0 Å². The lowest BCUT2D eigenvalue weighted by molar-refractivity contribution is 0.808. The summed E-state index contributed by atoms with van der Waals surface area (Å²) in [6.45, 7) is 2.22. The van der Waals surface area contributed by atoms with Gasteiger partial charge in [-0.25, -0.2) is 10.2 Å². The monoisotopic (exact) mass is 422 g/mol. The number of benzene rings is 2. The Morgan fingerprint density at radius 2 is 1.83 bits per heavy atom. The van der Waals surface area contributed by atoms with Gasteiger partial charge in [0.25, 0.3) is 5.56 Å². The number of rotatable bonds is 5. The van der Waals surface area contributed by atoms with E-state index in [1.165, 1.54) is 4.57 Å². The third-order valence-electron chi connectivity index (χ3n) is 4.78. The number of aromatic nitrogens is 4. The second-order valence-electron chi connectivity index (χ2n) is 6.81. The number of nitrogens with zero attached hydrogens (tertiary/aromatic N) is 4. The van der Waals surface area contributed by atoms with Crippen LogP contribution in [0.15, 0.2) is 69.3 Å². The van der Waals surface area contributed by atoms with Crippen molar-refractivity contribution in [2.24, 2.45) is 12.1 Å². The van der Waals surface area contributed by atoms with Crippen molar-refractivity contribution >= 4 is 34.4 Å². The normalized spacial score (nSPS) is 11.8. The number of anilines is 1. The highest BCUT2D eigenvalue weighted by Gasteiger charge is 2.17. The summed E-state index contributed by atoms with van der Waals surface area (Å²) in [5.74, 6) is 0.349. The van der Waals surface area contributed by atoms with Gasteiger partial charge in [0.15, 0.2) is 11.2 Å². The van der Waals surface area contributed by atoms with Crippen LogP contribution in [0.25, 0.3) is 11.2 Å². The molecule has 0 aliphatic rings. The quantitative estimate of drug-likeness (QED) is 0.381. The van der Waals surface area contributed by atoms with Gasteiger partial charge in [-0.05, 0) is 30.2 Å². The van der Waals surface area contributed by atoms with Gasteiger partial charge in [-0.1, -0.05) is 54.1 Å². The molecule has 4 rings (SSSR count). The van der Waals surface area contributed by atoms with Crippen molar-refractivity contribution in [1.82, 2.24) is 19.1 Å². The Kier molecular flexibility index (Phi) is 5.24. The maximum atomic E-state index is 12.6. The molecule has 0 saturated heterocycles. The fourth-order valence-corrected chi connectivity index (χ4v) is 3.25. The summed E-state index contributed by atoms with van der Waals surface area (Å²) in [6.07, 6.45) is 0. The summed E-state index contributed by atoms with van der Waals surface area (Å²) in [4.78, 5) is 31.4. The SMILES string of the molecule is CC(=NNc1nc2c(c(=O)[nH]c(=O)n2C)n1Cc1ccc(Cl)cc1)c1ccccc1. The van der Waals surface area contributed by atoms with Crippen molar-refractivity contribution in [3.05, 3.63) is 91.6 Å². The topological polar surface area (TPSA) is 97.1 Å². The number of hydrogen-bond acceptors (Lipinski definition) is 5. The molecule has 0 spiro atoms. The number of hydrazone groups is 1. The zero-order valence-electron chi connectivity index (χ0n) is 16.4. The maximum absolute atomic E-state index is 12.6. The first-order chi connectivity index (χ1) is 14.4. The van der Waals surface area contributed by atoms with Gasteiger partial charge in [-0.3, -0.25) is 18.9 Å². The zero-order valence-corrected chi connectivity index (χ0v) is 17.1. The summed E-state index contributed by atoms with van der Waals surface area (Å²) in [5.41, 5.74) is 5.09. The second kappa shape index (κ2) is 8.00. The lowest BCUT2D eigenvalue weighted by Gasteiger charge is -2.09. The number of imidazole rings is 1. The van der Waals surface area contributed by atoms with Gasteiger partial charge in [0.1, 0.15) is 0 Å². The summed E-state index contributed by atoms with van der Waals surface area (Å²) >= 11 is 5.98. The molecule has 2 aromatic heterocycles. The van der Waals surface area contributed by atoms with Gasteiger partial charge < -0.3 is 0 Å². The van der Waals surface area contributed by atoms with Crippen molar-refractivity contribution in [2.45, 2.75) is 13.5 Å². The molecule has 0 fully saturated rings. The molecule has 0 aliphatic heterocycles. The summed E-state index contributed by atoms with van der Waals surface area (Å²) in [6, 6.07) is 17.0. The number of fused-ring (bicyclic) bond motifs is 1. The van der Waals surface area contributed by atoms with Crippen LogP contribution in [0.4, 0.5) is 5.95 Å². The summed E-state index contributed by atoms with van der Waals surface area (Å²) < 4.78 is 2.99. The Morgan fingerprint density at radius 3 is 2.53 bits per heavy atom. The van der Waals surface area contributed by atoms with Crippen LogP contribution in [0.2, 0.25) is 5.02 Å². The molecule has 0 amide bonds. The van der Waals surface area contributed by atoms with E-state index in [1.807, 2.05) is 49.4 Å². The van der Waals surface area contributed by atoms with Crippen molar-refractivity contribution in [1.29, 1.82) is 0 Å². The molecule has 152 valence electrons. The van der Waals surface area contributed by atoms with E-state index in [4.69, 9.17) is 11.6 Å². The predicted octanol–water partition coefficient (Wildman–Crippen LogP) is 2.96. The first-order valence-corrected chi connectivity index (χ1v) is 9.61. The Morgan fingerprint density at radius 1 is 1.13 bits per heavy atom. The summed E-state index contributed by atoms with van der Waals surface area (Å²) in [5, 5.41) is 5.04. The van der Waals surface area contributed by atoms with Crippen LogP contribution in [0.3, 0.4) is 0 Å². The number of aromatic amines is 1. The highest BCUT2D eigenvalue weighted by molar-refractivity contribution is 6.30. The van der Waals surface area contributed by atoms with Crippen LogP contribution in [-0.2, 0) is 13.6 Å². The molecule has 2 aromatic carbocycles. The number of halogens is 1. The fourth-order valence-electron chi connectivity index (χ4n) is 3.12. The van der Waals surface area contributed by atoms with Crippen LogP contribution in [0.5, 0.6) is 0 Å². The van der Waals surface area contributed by atoms with Crippen LogP contribution >= 0.6 is 11.6 Å². The molecule has 9 heteroatoms. The Labute approximate surface area is 176 Å². The number of H-pyrrole nitrogens is 1. The fraction of sp³-hybridized carbons (Fsp3) is 0.143. The van der Waals surface area contributed by atoms with Gasteiger partial charge in [0.05, 0.1) is 12.3 Å². The smallest absolute Gasteiger partial charge is 0.298 e. The van der Waals surface area contributed by atoms with Crippen molar-refractivity contribution in [3.8, 4) is 0 Å². The van der Waals surface area contributed by atoms with E-state index >= 15 is 0 Å². The van der Waals surface area contributed by atoms with Crippen LogP contribution in [0.1, 0.15) is 18.1 Å². The van der Waals surface area contributed by atoms with E-state index in [9.17, 15) is 9.59 Å². The highest BCUT2D eigenvalue weighted by atomic mass is 35.5. The average molecular weight is 423 g/mol. The lowest BCUT2D eigenvalue weighted by Crippen LogP contribution is -2.29.